The molecule has 0 fully saturated rings. The minimum Gasteiger partial charge on any atom is -0.481 e. The van der Waals surface area contributed by atoms with Crippen molar-refractivity contribution >= 4 is 118 Å². The summed E-state index contributed by atoms with van der Waals surface area (Å²) in [5.41, 5.74) is 6.02. The lowest BCUT2D eigenvalue weighted by atomic mass is 9.88. The van der Waals surface area contributed by atoms with Gasteiger partial charge in [-0.1, -0.05) is 0 Å². The molecule has 46 nitrogen and oxygen atoms in total. The molecule has 0 unspecified atom stereocenters. The SMILES string of the molecule is CC(C)(S)[C@@H](NC(=O)[C@H](CCC(=O)NC[C@H](O)[C@@H](O)[C@H](O)[C@H](O)CO)CC(=O)[C@@H](CCC(=O)O)NC(=O)[C@H](CCC(=O)NC[C@H](O)[C@@H](O)[C@H](O)[C@H](O)CO)CC(=O)[C@@H](CCC(=O)O)NC(=O)[C@H](CCC(=O)NC[C@H](O)[C@@H](O)[C@H](O)[C@H](O)CO)CC(=O)CC[C@@H](NC(=O)c1ccc(NCc2cnc3cc(N)[nH]c(=O)c3n2)cc1)C(=O)O)C(=O)O. The van der Waals surface area contributed by atoms with Crippen LogP contribution in [-0.2, 0) is 68.9 Å². The summed E-state index contributed by atoms with van der Waals surface area (Å²) in [5.74, 6) is -23.5. The number of hydrogen-bond donors (Lipinski definition) is 30. The first-order valence-corrected chi connectivity index (χ1v) is 37.4. The number of Topliss-reactive ketones (excluding diaryl/α,β-unsaturated/α-hetero) is 3. The number of carboxylic acids is 4. The number of thiol groups is 1. The molecule has 0 aliphatic rings. The van der Waals surface area contributed by atoms with Gasteiger partial charge in [-0.05, 0) is 76.6 Å². The Balaban J connectivity index is 2.08. The maximum atomic E-state index is 14.8. The first-order chi connectivity index (χ1) is 55.2. The van der Waals surface area contributed by atoms with E-state index in [9.17, 15) is 164 Å². The third kappa shape index (κ3) is 34.9. The van der Waals surface area contributed by atoms with Crippen molar-refractivity contribution in [2.24, 2.45) is 17.8 Å². The lowest BCUT2D eigenvalue weighted by molar-refractivity contribution is -0.143. The number of aromatic nitrogens is 3. The van der Waals surface area contributed by atoms with Gasteiger partial charge in [0, 0.05) is 117 Å². The number of carboxylic acid groups (broad SMARTS) is 4. The predicted molar refractivity (Wildman–Crippen MR) is 406 cm³/mol. The van der Waals surface area contributed by atoms with E-state index >= 15 is 0 Å². The number of benzene rings is 1. The van der Waals surface area contributed by atoms with Gasteiger partial charge in [0.25, 0.3) is 11.5 Å². The van der Waals surface area contributed by atoms with Crippen molar-refractivity contribution < 1.29 is 164 Å². The molecule has 0 spiro atoms. The summed E-state index contributed by atoms with van der Waals surface area (Å²) in [4.78, 5) is 213. The number of aliphatic hydroxyl groups excluding tert-OH is 15. The van der Waals surface area contributed by atoms with Crippen LogP contribution in [0, 0.1) is 17.8 Å². The molecule has 30 N–H and O–H groups in total. The predicted octanol–water partition coefficient (Wildman–Crippen LogP) is -9.82. The van der Waals surface area contributed by atoms with Crippen LogP contribution in [0.1, 0.15) is 126 Å². The molecule has 19 atom stereocenters. The highest BCUT2D eigenvalue weighted by molar-refractivity contribution is 7.81. The molecule has 0 aliphatic carbocycles. The van der Waals surface area contributed by atoms with Crippen LogP contribution in [0.25, 0.3) is 11.0 Å². The number of nitrogens with two attached hydrogens (primary N) is 1. The van der Waals surface area contributed by atoms with E-state index in [0.29, 0.717) is 11.4 Å². The zero-order valence-corrected chi connectivity index (χ0v) is 64.9. The van der Waals surface area contributed by atoms with E-state index < -0.39 is 344 Å². The number of carbonyl (C=O) groups is 14. The van der Waals surface area contributed by atoms with E-state index in [1.165, 1.54) is 50.4 Å². The highest BCUT2D eigenvalue weighted by Gasteiger charge is 2.40. The van der Waals surface area contributed by atoms with E-state index in [0.717, 1.165) is 0 Å². The zero-order chi connectivity index (χ0) is 89.2. The molecule has 3 rings (SSSR count). The van der Waals surface area contributed by atoms with Gasteiger partial charge in [0.15, 0.2) is 17.1 Å². The highest BCUT2D eigenvalue weighted by atomic mass is 32.1. The summed E-state index contributed by atoms with van der Waals surface area (Å²) in [6.45, 7) is -3.26. The number of nitrogens with zero attached hydrogens (tertiary/aromatic N) is 2. The molecule has 1 aromatic carbocycles. The Morgan fingerprint density at radius 2 is 0.864 bits per heavy atom. The van der Waals surface area contributed by atoms with Crippen LogP contribution >= 0.6 is 12.6 Å². The molecule has 3 aromatic rings. The first kappa shape index (κ1) is 102. The number of aromatic amines is 1. The molecular weight excluding hydrogens is 1600 g/mol. The highest BCUT2D eigenvalue weighted by Crippen LogP contribution is 2.25. The second-order valence-corrected chi connectivity index (χ2v) is 29.7. The number of fused-ring (bicyclic) bond motifs is 1. The van der Waals surface area contributed by atoms with Crippen LogP contribution in [0.2, 0.25) is 0 Å². The zero-order valence-electron chi connectivity index (χ0n) is 64.0. The van der Waals surface area contributed by atoms with Crippen LogP contribution < -0.4 is 53.8 Å². The van der Waals surface area contributed by atoms with Crippen molar-refractivity contribution in [3.05, 3.63) is 58.1 Å². The summed E-state index contributed by atoms with van der Waals surface area (Å²) in [6.07, 6.45) is -36.5. The number of nitrogens with one attached hydrogen (secondary N) is 9. The summed E-state index contributed by atoms with van der Waals surface area (Å²) in [5, 5.41) is 208. The fraction of sp³-hybridized carbons (Fsp3) is 0.620. The summed E-state index contributed by atoms with van der Waals surface area (Å²) >= 11 is 4.23. The monoisotopic (exact) mass is 1700 g/mol. The largest absolute Gasteiger partial charge is 0.481 e. The fourth-order valence-electron chi connectivity index (χ4n) is 11.5. The third-order valence-electron chi connectivity index (χ3n) is 18.6. The molecule has 7 amide bonds. The average molecular weight is 1700 g/mol. The molecule has 0 aliphatic heterocycles. The standard InChI is InChI=1S/C71H106N12O34S/c1-71(2,118)63(70(116)117)83-67(112)34(7-16-53(98)77-27-46(92)59(105)62(108)49(95)30-86)21-43(89)39(13-18-55(101)102)80-66(111)33(6-15-52(97)76-26-45(91)58(104)61(107)48(94)29-85)20-42(88)38(12-17-54(99)100)79-65(110)32(5-14-51(96)75-25-44(90)57(103)60(106)47(93)28-84)19-37(87)10-11-40(69(114)115)81-64(109)31-3-8-35(9-4-31)73-23-36-24-74-41-22-50(72)82-68(113)56(41)78-36/h3-4,8-9,22,24,32-34,38-40,44-49,57-63,73,84-86,90-95,103-108,118H,5-7,10-21,23,25-30H2,1-2H3,(H,75,96)(H,76,97)(H,77,98)(H,79,110)(H,80,111)(H,81,109)(H,83,112)(H,99,100)(H,101,102)(H,114,115)(H,116,117)(H3,72,82,113)/t32-,33-,34-,38-,39-,40-,44+,45+,46+,47-,48-,49-,57-,58-,59-,60-,61-,62-,63+/m1/s1. The quantitative estimate of drug-likeness (QED) is 0.0233. The number of nitrogen functional groups attached to an aromatic ring is 1. The second kappa shape index (κ2) is 50.1. The second-order valence-electron chi connectivity index (χ2n) is 28.5. The molecule has 47 heteroatoms. The minimum absolute atomic E-state index is 0.0134. The van der Waals surface area contributed by atoms with E-state index in [4.69, 9.17) is 10.8 Å². The Kier molecular flexibility index (Phi) is 43.4. The van der Waals surface area contributed by atoms with E-state index in [1.54, 1.807) is 0 Å². The number of ketones is 3. The van der Waals surface area contributed by atoms with Crippen molar-refractivity contribution in [3.8, 4) is 0 Å². The molecule has 660 valence electrons. The van der Waals surface area contributed by atoms with Gasteiger partial charge >= 0.3 is 23.9 Å². The molecule has 2 heterocycles. The van der Waals surface area contributed by atoms with Gasteiger partial charge in [0.05, 0.1) is 74.2 Å². The summed E-state index contributed by atoms with van der Waals surface area (Å²) in [7, 11) is 0. The van der Waals surface area contributed by atoms with E-state index in [-0.39, 0.29) is 29.0 Å². The van der Waals surface area contributed by atoms with Gasteiger partial charge in [0.1, 0.15) is 78.6 Å². The smallest absolute Gasteiger partial charge is 0.327 e. The molecule has 0 radical (unpaired) electrons. The number of pyridine rings is 1. The minimum atomic E-state index is -2.22. The van der Waals surface area contributed by atoms with Crippen LogP contribution in [0.15, 0.2) is 41.3 Å². The molecule has 118 heavy (non-hydrogen) atoms. The molecule has 0 saturated heterocycles. The number of carbonyl (C=O) groups excluding carboxylic acids is 10. The normalized spacial score (nSPS) is 16.5. The molecule has 0 saturated carbocycles. The van der Waals surface area contributed by atoms with Gasteiger partial charge in [0.2, 0.25) is 35.4 Å². The van der Waals surface area contributed by atoms with Crippen molar-refractivity contribution in [2.75, 3.05) is 50.5 Å². The Bertz CT molecular complexity index is 3950. The first-order valence-electron chi connectivity index (χ1n) is 36.9. The van der Waals surface area contributed by atoms with Crippen molar-refractivity contribution in [3.63, 3.8) is 0 Å². The number of anilines is 2. The average Bonchev–Trinajstić information content (AvgIpc) is 0.810. The van der Waals surface area contributed by atoms with Crippen molar-refractivity contribution in [1.82, 2.24) is 52.2 Å². The van der Waals surface area contributed by atoms with Crippen LogP contribution in [-0.4, -0.2) is 336 Å². The van der Waals surface area contributed by atoms with Crippen LogP contribution in [0.4, 0.5) is 11.5 Å². The van der Waals surface area contributed by atoms with Gasteiger partial charge < -0.3 is 150 Å². The van der Waals surface area contributed by atoms with Gasteiger partial charge in [-0.15, -0.1) is 0 Å². The molecule has 2 aromatic heterocycles. The number of H-pyrrole nitrogens is 1. The fourth-order valence-corrected chi connectivity index (χ4v) is 11.6. The summed E-state index contributed by atoms with van der Waals surface area (Å²) in [6, 6.07) is -0.813. The Labute approximate surface area is 676 Å². The lowest BCUT2D eigenvalue weighted by Crippen LogP contribution is -2.53. The molecular formula is C71H106N12O34S. The van der Waals surface area contributed by atoms with Crippen LogP contribution in [0.3, 0.4) is 0 Å². The number of rotatable bonds is 58. The lowest BCUT2D eigenvalue weighted by Gasteiger charge is -2.29. The number of aliphatic hydroxyl groups is 15. The van der Waals surface area contributed by atoms with E-state index in [1.807, 2.05) is 0 Å². The summed E-state index contributed by atoms with van der Waals surface area (Å²) < 4.78 is -1.55. The maximum Gasteiger partial charge on any atom is 0.327 e. The van der Waals surface area contributed by atoms with Crippen molar-refractivity contribution in [1.29, 1.82) is 0 Å². The van der Waals surface area contributed by atoms with E-state index in [2.05, 4.69) is 70.1 Å². The van der Waals surface area contributed by atoms with Crippen molar-refractivity contribution in [2.45, 2.75) is 219 Å². The Hall–Kier alpha value is -9.96. The number of aliphatic carboxylic acids is 4. The number of amides is 7. The Morgan fingerprint density at radius 3 is 1.24 bits per heavy atom. The maximum absolute atomic E-state index is 14.8. The van der Waals surface area contributed by atoms with Crippen LogP contribution in [0.5, 0.6) is 0 Å². The van der Waals surface area contributed by atoms with Gasteiger partial charge in [-0.25, -0.2) is 14.6 Å². The number of hydrogen-bond acceptors (Lipinski definition) is 35. The topological polar surface area (TPSA) is 804 Å². The van der Waals surface area contributed by atoms with Gasteiger partial charge in [-0.2, -0.15) is 12.6 Å². The Morgan fingerprint density at radius 1 is 0.483 bits per heavy atom. The van der Waals surface area contributed by atoms with Gasteiger partial charge in [-0.3, -0.25) is 67.3 Å². The molecule has 0 bridgehead atoms. The third-order valence-corrected chi connectivity index (χ3v) is 18.9.